The number of pyridine rings is 1. The van der Waals surface area contributed by atoms with Crippen LogP contribution in [0.5, 0.6) is 5.75 Å². The maximum absolute atomic E-state index is 5.74. The number of H-pyrrole nitrogens is 1. The van der Waals surface area contributed by atoms with Crippen LogP contribution in [-0.2, 0) is 0 Å². The van der Waals surface area contributed by atoms with Crippen LogP contribution in [0, 0.1) is 13.8 Å². The second-order valence-corrected chi connectivity index (χ2v) is 7.12. The van der Waals surface area contributed by atoms with E-state index in [9.17, 15) is 0 Å². The Morgan fingerprint density at radius 3 is 2.63 bits per heavy atom. The van der Waals surface area contributed by atoms with Crippen LogP contribution in [0.25, 0.3) is 0 Å². The Kier molecular flexibility index (Phi) is 4.58. The van der Waals surface area contributed by atoms with Crippen LogP contribution in [0.3, 0.4) is 0 Å². The molecule has 6 heteroatoms. The first-order valence-electron chi connectivity index (χ1n) is 8.89. The number of ether oxygens (including phenoxy) is 1. The van der Waals surface area contributed by atoms with Crippen molar-refractivity contribution >= 4 is 23.0 Å². The molecule has 3 aromatic rings. The molecule has 0 saturated carbocycles. The van der Waals surface area contributed by atoms with Crippen LogP contribution < -0.4 is 15.0 Å². The predicted molar refractivity (Wildman–Crippen MR) is 111 cm³/mol. The van der Waals surface area contributed by atoms with Gasteiger partial charge in [0.15, 0.2) is 5.11 Å². The van der Waals surface area contributed by atoms with E-state index in [0.717, 1.165) is 28.5 Å². The van der Waals surface area contributed by atoms with Gasteiger partial charge >= 0.3 is 0 Å². The fourth-order valence-corrected chi connectivity index (χ4v) is 4.11. The summed E-state index contributed by atoms with van der Waals surface area (Å²) in [6, 6.07) is 16.1. The number of methoxy groups -OCH3 is 1. The lowest BCUT2D eigenvalue weighted by atomic mass is 9.96. The van der Waals surface area contributed by atoms with E-state index in [4.69, 9.17) is 17.0 Å². The highest BCUT2D eigenvalue weighted by molar-refractivity contribution is 7.80. The van der Waals surface area contributed by atoms with E-state index >= 15 is 0 Å². The van der Waals surface area contributed by atoms with Gasteiger partial charge in [-0.25, -0.2) is 0 Å². The van der Waals surface area contributed by atoms with Gasteiger partial charge in [0.25, 0.3) is 0 Å². The Balaban J connectivity index is 1.85. The Hall–Kier alpha value is -2.86. The summed E-state index contributed by atoms with van der Waals surface area (Å²) < 4.78 is 5.42. The van der Waals surface area contributed by atoms with Crippen molar-refractivity contribution in [3.63, 3.8) is 0 Å². The quantitative estimate of drug-likeness (QED) is 0.666. The van der Waals surface area contributed by atoms with E-state index in [1.807, 2.05) is 42.6 Å². The molecule has 1 aliphatic heterocycles. The summed E-state index contributed by atoms with van der Waals surface area (Å²) in [5.41, 5.74) is 5.43. The fraction of sp³-hybridized carbons (Fsp3) is 0.238. The lowest BCUT2D eigenvalue weighted by Gasteiger charge is -2.28. The number of nitrogens with zero attached hydrogens (tertiary/aromatic N) is 2. The highest BCUT2D eigenvalue weighted by Gasteiger charge is 2.41. The van der Waals surface area contributed by atoms with Crippen molar-refractivity contribution in [3.8, 4) is 5.75 Å². The molecule has 1 saturated heterocycles. The monoisotopic (exact) mass is 378 g/mol. The molecule has 27 heavy (non-hydrogen) atoms. The molecule has 0 aliphatic carbocycles. The molecule has 1 aliphatic rings. The van der Waals surface area contributed by atoms with Crippen molar-refractivity contribution in [1.82, 2.24) is 15.3 Å². The topological polar surface area (TPSA) is 53.2 Å². The number of aryl methyl sites for hydroxylation is 2. The molecule has 4 rings (SSSR count). The van der Waals surface area contributed by atoms with E-state index in [-0.39, 0.29) is 12.1 Å². The van der Waals surface area contributed by atoms with Crippen molar-refractivity contribution in [2.75, 3.05) is 12.0 Å². The molecule has 1 aromatic carbocycles. The van der Waals surface area contributed by atoms with E-state index in [2.05, 4.69) is 46.2 Å². The lowest BCUT2D eigenvalue weighted by molar-refractivity contribution is 0.415. The molecule has 2 N–H and O–H groups in total. The van der Waals surface area contributed by atoms with Gasteiger partial charge in [0, 0.05) is 29.3 Å². The van der Waals surface area contributed by atoms with Gasteiger partial charge in [-0.1, -0.05) is 12.1 Å². The zero-order valence-electron chi connectivity index (χ0n) is 15.6. The van der Waals surface area contributed by atoms with E-state index in [0.29, 0.717) is 5.11 Å². The number of benzene rings is 1. The van der Waals surface area contributed by atoms with Gasteiger partial charge in [0.1, 0.15) is 5.75 Å². The number of hydrogen-bond acceptors (Lipinski definition) is 3. The van der Waals surface area contributed by atoms with Gasteiger partial charge in [-0.15, -0.1) is 0 Å². The van der Waals surface area contributed by atoms with Gasteiger partial charge < -0.3 is 19.9 Å². The Bertz CT molecular complexity index is 969. The summed E-state index contributed by atoms with van der Waals surface area (Å²) in [6.07, 6.45) is 1.82. The number of hydrogen-bond donors (Lipinski definition) is 2. The van der Waals surface area contributed by atoms with Crippen LogP contribution in [0.1, 0.15) is 34.7 Å². The van der Waals surface area contributed by atoms with Crippen molar-refractivity contribution in [1.29, 1.82) is 0 Å². The minimum Gasteiger partial charge on any atom is -0.497 e. The predicted octanol–water partition coefficient (Wildman–Crippen LogP) is 4.21. The lowest BCUT2D eigenvalue weighted by Crippen LogP contribution is -2.29. The molecule has 2 atom stereocenters. The molecule has 1 fully saturated rings. The number of anilines is 1. The maximum atomic E-state index is 5.74. The zero-order chi connectivity index (χ0) is 19.0. The third kappa shape index (κ3) is 3.17. The molecular formula is C21H22N4OS. The first-order chi connectivity index (χ1) is 13.1. The van der Waals surface area contributed by atoms with E-state index in [1.54, 1.807) is 7.11 Å². The van der Waals surface area contributed by atoms with Crippen molar-refractivity contribution < 1.29 is 4.74 Å². The molecule has 5 nitrogen and oxygen atoms in total. The molecule has 3 heterocycles. The highest BCUT2D eigenvalue weighted by atomic mass is 32.1. The van der Waals surface area contributed by atoms with Crippen LogP contribution >= 0.6 is 12.2 Å². The summed E-state index contributed by atoms with van der Waals surface area (Å²) in [5, 5.41) is 4.16. The summed E-state index contributed by atoms with van der Waals surface area (Å²) in [6.45, 7) is 4.17. The van der Waals surface area contributed by atoms with Crippen LogP contribution in [0.15, 0.2) is 54.7 Å². The second-order valence-electron chi connectivity index (χ2n) is 6.73. The van der Waals surface area contributed by atoms with Crippen molar-refractivity contribution in [2.24, 2.45) is 0 Å². The van der Waals surface area contributed by atoms with Crippen LogP contribution in [0.2, 0.25) is 0 Å². The summed E-state index contributed by atoms with van der Waals surface area (Å²) in [7, 11) is 1.67. The largest absolute Gasteiger partial charge is 0.497 e. The number of thiocarbonyl (C=S) groups is 1. The van der Waals surface area contributed by atoms with Gasteiger partial charge in [0.2, 0.25) is 0 Å². The van der Waals surface area contributed by atoms with Crippen molar-refractivity contribution in [3.05, 3.63) is 77.4 Å². The number of aromatic amines is 1. The van der Waals surface area contributed by atoms with Gasteiger partial charge in [-0.2, -0.15) is 0 Å². The fourth-order valence-electron chi connectivity index (χ4n) is 3.76. The van der Waals surface area contributed by atoms with Gasteiger partial charge in [0.05, 0.1) is 24.9 Å². The first-order valence-corrected chi connectivity index (χ1v) is 9.30. The first kappa shape index (κ1) is 17.5. The smallest absolute Gasteiger partial charge is 0.174 e. The molecule has 138 valence electrons. The van der Waals surface area contributed by atoms with E-state index in [1.165, 1.54) is 5.56 Å². The maximum Gasteiger partial charge on any atom is 0.174 e. The molecule has 0 amide bonds. The summed E-state index contributed by atoms with van der Waals surface area (Å²) in [4.78, 5) is 10.2. The third-order valence-electron chi connectivity index (χ3n) is 4.94. The molecule has 2 aromatic heterocycles. The van der Waals surface area contributed by atoms with E-state index < -0.39 is 0 Å². The average Bonchev–Trinajstić information content (AvgIpc) is 3.20. The summed E-state index contributed by atoms with van der Waals surface area (Å²) >= 11 is 5.74. The average molecular weight is 379 g/mol. The number of rotatable bonds is 4. The summed E-state index contributed by atoms with van der Waals surface area (Å²) in [5.74, 6) is 0.803. The molecule has 0 spiro atoms. The number of aromatic nitrogens is 2. The Morgan fingerprint density at radius 2 is 1.96 bits per heavy atom. The third-order valence-corrected chi connectivity index (χ3v) is 5.25. The minimum absolute atomic E-state index is 0.00976. The minimum atomic E-state index is -0.0428. The molecule has 0 unspecified atom stereocenters. The van der Waals surface area contributed by atoms with Crippen LogP contribution in [0.4, 0.5) is 5.69 Å². The van der Waals surface area contributed by atoms with Crippen LogP contribution in [-0.4, -0.2) is 22.2 Å². The van der Waals surface area contributed by atoms with Crippen molar-refractivity contribution in [2.45, 2.75) is 25.9 Å². The highest BCUT2D eigenvalue weighted by Crippen LogP contribution is 2.43. The SMILES string of the molecule is COc1cccc(N2C(=S)N[C@H](c3ccccn3)[C@H]2c2cc(C)[nH]c2C)c1. The van der Waals surface area contributed by atoms with Gasteiger partial charge in [-0.3, -0.25) is 4.98 Å². The molecule has 0 bridgehead atoms. The normalized spacial score (nSPS) is 19.2. The number of nitrogens with one attached hydrogen (secondary N) is 2. The Labute approximate surface area is 164 Å². The van der Waals surface area contributed by atoms with Gasteiger partial charge in [-0.05, 0) is 62.0 Å². The molecular weight excluding hydrogens is 356 g/mol. The molecule has 0 radical (unpaired) electrons. The zero-order valence-corrected chi connectivity index (χ0v) is 16.4. The standard InChI is InChI=1S/C21H22N4OS/c1-13-11-17(14(2)23-13)20-19(18-9-4-5-10-22-18)24-21(27)25(20)15-7-6-8-16(12-15)26-3/h4-12,19-20,23H,1-3H3,(H,24,27)/t19-,20-/m1/s1. The second kappa shape index (κ2) is 7.04. The Morgan fingerprint density at radius 1 is 1.11 bits per heavy atom.